The average Bonchev–Trinajstić information content (AvgIpc) is 2.85. The highest BCUT2D eigenvalue weighted by Gasteiger charge is 2.14. The SMILES string of the molecule is CCc1nnc(NS(=O)(=O)Cc2cccc(CN)c2)s1. The number of nitrogens with zero attached hydrogens (tertiary/aromatic N) is 2. The van der Waals surface area contributed by atoms with Gasteiger partial charge in [0.05, 0.1) is 5.75 Å². The predicted molar refractivity (Wildman–Crippen MR) is 79.9 cm³/mol. The van der Waals surface area contributed by atoms with Crippen molar-refractivity contribution in [1.29, 1.82) is 0 Å². The zero-order valence-corrected chi connectivity index (χ0v) is 12.7. The van der Waals surface area contributed by atoms with Crippen LogP contribution in [0.3, 0.4) is 0 Å². The summed E-state index contributed by atoms with van der Waals surface area (Å²) < 4.78 is 26.6. The van der Waals surface area contributed by atoms with Gasteiger partial charge in [-0.05, 0) is 17.5 Å². The molecule has 6 nitrogen and oxygen atoms in total. The van der Waals surface area contributed by atoms with E-state index in [9.17, 15) is 8.42 Å². The molecule has 0 fully saturated rings. The number of aryl methyl sites for hydroxylation is 1. The fourth-order valence-electron chi connectivity index (χ4n) is 1.67. The molecular weight excluding hydrogens is 296 g/mol. The van der Waals surface area contributed by atoms with Crippen molar-refractivity contribution in [2.45, 2.75) is 25.6 Å². The van der Waals surface area contributed by atoms with Gasteiger partial charge < -0.3 is 5.73 Å². The Morgan fingerprint density at radius 1 is 1.30 bits per heavy atom. The first kappa shape index (κ1) is 14.9. The molecule has 0 aliphatic rings. The van der Waals surface area contributed by atoms with Gasteiger partial charge in [0.2, 0.25) is 15.2 Å². The largest absolute Gasteiger partial charge is 0.326 e. The highest BCUT2D eigenvalue weighted by atomic mass is 32.2. The van der Waals surface area contributed by atoms with Crippen LogP contribution in [0.25, 0.3) is 0 Å². The first-order chi connectivity index (χ1) is 9.52. The van der Waals surface area contributed by atoms with Gasteiger partial charge in [0.25, 0.3) is 0 Å². The number of nitrogens with two attached hydrogens (primary N) is 1. The number of nitrogens with one attached hydrogen (secondary N) is 1. The van der Waals surface area contributed by atoms with E-state index in [-0.39, 0.29) is 5.75 Å². The first-order valence-corrected chi connectivity index (χ1v) is 8.60. The number of hydrogen-bond donors (Lipinski definition) is 2. The molecule has 0 radical (unpaired) electrons. The van der Waals surface area contributed by atoms with Crippen LogP contribution in [-0.4, -0.2) is 18.6 Å². The van der Waals surface area contributed by atoms with Crippen molar-refractivity contribution in [3.05, 3.63) is 40.4 Å². The van der Waals surface area contributed by atoms with Gasteiger partial charge >= 0.3 is 0 Å². The van der Waals surface area contributed by atoms with Crippen LogP contribution in [0.2, 0.25) is 0 Å². The van der Waals surface area contributed by atoms with Crippen LogP contribution in [0.5, 0.6) is 0 Å². The van der Waals surface area contributed by atoms with E-state index in [2.05, 4.69) is 14.9 Å². The molecule has 0 atom stereocenters. The molecule has 1 aromatic carbocycles. The minimum Gasteiger partial charge on any atom is -0.326 e. The van der Waals surface area contributed by atoms with E-state index in [1.54, 1.807) is 18.2 Å². The summed E-state index contributed by atoms with van der Waals surface area (Å²) >= 11 is 1.25. The summed E-state index contributed by atoms with van der Waals surface area (Å²) in [5, 5.41) is 8.79. The zero-order chi connectivity index (χ0) is 14.6. The third kappa shape index (κ3) is 3.99. The second-order valence-electron chi connectivity index (χ2n) is 4.24. The lowest BCUT2D eigenvalue weighted by atomic mass is 10.1. The number of anilines is 1. The lowest BCUT2D eigenvalue weighted by Gasteiger charge is -2.06. The van der Waals surface area contributed by atoms with Crippen LogP contribution < -0.4 is 10.5 Å². The van der Waals surface area contributed by atoms with Gasteiger partial charge in [-0.1, -0.05) is 42.5 Å². The molecular formula is C12H16N4O2S2. The summed E-state index contributed by atoms with van der Waals surface area (Å²) in [6.45, 7) is 2.33. The first-order valence-electron chi connectivity index (χ1n) is 6.13. The smallest absolute Gasteiger partial charge is 0.238 e. The summed E-state index contributed by atoms with van der Waals surface area (Å²) in [4.78, 5) is 0. The molecule has 8 heteroatoms. The fraction of sp³-hybridized carbons (Fsp3) is 0.333. The standard InChI is InChI=1S/C12H16N4O2S2/c1-2-11-14-15-12(19-11)16-20(17,18)8-10-5-3-4-9(6-10)7-13/h3-6H,2,7-8,13H2,1H3,(H,15,16). The third-order valence-corrected chi connectivity index (χ3v) is 4.93. The monoisotopic (exact) mass is 312 g/mol. The fourth-order valence-corrected chi connectivity index (χ4v) is 3.75. The quantitative estimate of drug-likeness (QED) is 0.842. The van der Waals surface area contributed by atoms with Crippen molar-refractivity contribution >= 4 is 26.5 Å². The number of sulfonamides is 1. The van der Waals surface area contributed by atoms with E-state index in [1.807, 2.05) is 13.0 Å². The molecule has 2 aromatic rings. The maximum absolute atomic E-state index is 12.1. The van der Waals surface area contributed by atoms with Crippen LogP contribution in [0.1, 0.15) is 23.1 Å². The van der Waals surface area contributed by atoms with Crippen LogP contribution in [0.15, 0.2) is 24.3 Å². The lowest BCUT2D eigenvalue weighted by molar-refractivity contribution is 0.600. The second kappa shape index (κ2) is 6.29. The van der Waals surface area contributed by atoms with E-state index in [0.717, 1.165) is 17.0 Å². The van der Waals surface area contributed by atoms with Crippen LogP contribution >= 0.6 is 11.3 Å². The Kier molecular flexibility index (Phi) is 4.69. The molecule has 0 saturated carbocycles. The van der Waals surface area contributed by atoms with Crippen molar-refractivity contribution in [3.8, 4) is 0 Å². The molecule has 0 spiro atoms. The van der Waals surface area contributed by atoms with Crippen LogP contribution in [0.4, 0.5) is 5.13 Å². The summed E-state index contributed by atoms with van der Waals surface area (Å²) in [5.74, 6) is -0.109. The van der Waals surface area contributed by atoms with Gasteiger partial charge in [-0.2, -0.15) is 0 Å². The normalized spacial score (nSPS) is 11.5. The van der Waals surface area contributed by atoms with Crippen molar-refractivity contribution in [3.63, 3.8) is 0 Å². The highest BCUT2D eigenvalue weighted by molar-refractivity contribution is 7.92. The minimum absolute atomic E-state index is 0.109. The molecule has 0 aliphatic heterocycles. The Labute approximate surface area is 122 Å². The molecule has 0 bridgehead atoms. The van der Waals surface area contributed by atoms with Gasteiger partial charge in [0.1, 0.15) is 5.01 Å². The molecule has 0 unspecified atom stereocenters. The minimum atomic E-state index is -3.49. The maximum atomic E-state index is 12.1. The molecule has 0 aliphatic carbocycles. The van der Waals surface area contributed by atoms with E-state index in [1.165, 1.54) is 11.3 Å². The van der Waals surface area contributed by atoms with Crippen molar-refractivity contribution in [2.24, 2.45) is 5.73 Å². The van der Waals surface area contributed by atoms with Crippen molar-refractivity contribution in [2.75, 3.05) is 4.72 Å². The molecule has 1 aromatic heterocycles. The zero-order valence-electron chi connectivity index (χ0n) is 11.0. The summed E-state index contributed by atoms with van der Waals surface area (Å²) in [5.41, 5.74) is 7.14. The average molecular weight is 312 g/mol. The van der Waals surface area contributed by atoms with Crippen LogP contribution in [0, 0.1) is 0 Å². The third-order valence-electron chi connectivity index (χ3n) is 2.60. The number of benzene rings is 1. The number of hydrogen-bond acceptors (Lipinski definition) is 6. The second-order valence-corrected chi connectivity index (χ2v) is 7.02. The predicted octanol–water partition coefficient (Wildman–Crippen LogP) is 1.50. The van der Waals surface area contributed by atoms with Gasteiger partial charge in [-0.3, -0.25) is 4.72 Å². The van der Waals surface area contributed by atoms with Gasteiger partial charge in [0.15, 0.2) is 0 Å². The number of aromatic nitrogens is 2. The molecule has 0 saturated heterocycles. The van der Waals surface area contributed by atoms with Gasteiger partial charge in [-0.25, -0.2) is 8.42 Å². The molecule has 3 N–H and O–H groups in total. The molecule has 0 amide bonds. The lowest BCUT2D eigenvalue weighted by Crippen LogP contribution is -2.15. The summed E-state index contributed by atoms with van der Waals surface area (Å²) in [6.07, 6.45) is 0.734. The van der Waals surface area contributed by atoms with E-state index >= 15 is 0 Å². The van der Waals surface area contributed by atoms with E-state index in [4.69, 9.17) is 5.73 Å². The molecule has 1 heterocycles. The summed E-state index contributed by atoms with van der Waals surface area (Å²) in [7, 11) is -3.49. The van der Waals surface area contributed by atoms with E-state index in [0.29, 0.717) is 17.2 Å². The maximum Gasteiger partial charge on any atom is 0.238 e. The van der Waals surface area contributed by atoms with E-state index < -0.39 is 10.0 Å². The Bertz CT molecular complexity index is 682. The Morgan fingerprint density at radius 2 is 2.05 bits per heavy atom. The van der Waals surface area contributed by atoms with Gasteiger partial charge in [-0.15, -0.1) is 10.2 Å². The number of rotatable bonds is 6. The molecule has 20 heavy (non-hydrogen) atoms. The van der Waals surface area contributed by atoms with Crippen LogP contribution in [-0.2, 0) is 28.7 Å². The highest BCUT2D eigenvalue weighted by Crippen LogP contribution is 2.18. The van der Waals surface area contributed by atoms with Crippen molar-refractivity contribution < 1.29 is 8.42 Å². The van der Waals surface area contributed by atoms with Crippen molar-refractivity contribution in [1.82, 2.24) is 10.2 Å². The molecule has 2 rings (SSSR count). The Hall–Kier alpha value is -1.51. The summed E-state index contributed by atoms with van der Waals surface area (Å²) in [6, 6.07) is 7.21. The molecule has 108 valence electrons. The topological polar surface area (TPSA) is 98.0 Å². The van der Waals surface area contributed by atoms with Gasteiger partial charge in [0, 0.05) is 6.54 Å². The Morgan fingerprint density at radius 3 is 2.70 bits per heavy atom. The Balaban J connectivity index is 2.10.